The molecule has 0 aliphatic rings. The normalized spacial score (nSPS) is 10.2. The maximum absolute atomic E-state index is 11.0. The lowest BCUT2D eigenvalue weighted by molar-refractivity contribution is -0.116. The summed E-state index contributed by atoms with van der Waals surface area (Å²) in [6.45, 7) is 2.97. The molecule has 0 unspecified atom stereocenters. The van der Waals surface area contributed by atoms with Crippen molar-refractivity contribution in [3.05, 3.63) is 0 Å². The largest absolute Gasteiger partial charge is 0.490 e. The monoisotopic (exact) mass is 258 g/mol. The van der Waals surface area contributed by atoms with E-state index in [-0.39, 0.29) is 12.5 Å². The second kappa shape index (κ2) is 6.29. The van der Waals surface area contributed by atoms with Crippen molar-refractivity contribution in [1.29, 1.82) is 0 Å². The van der Waals surface area contributed by atoms with E-state index >= 15 is 0 Å². The minimum absolute atomic E-state index is 0.151. The van der Waals surface area contributed by atoms with Gasteiger partial charge in [0.15, 0.2) is 16.6 Å². The fourth-order valence-electron chi connectivity index (χ4n) is 1.47. The van der Waals surface area contributed by atoms with Crippen LogP contribution in [-0.4, -0.2) is 30.5 Å². The molecule has 6 nitrogen and oxygen atoms in total. The van der Waals surface area contributed by atoms with Crippen LogP contribution in [0.1, 0.15) is 19.8 Å². The number of amides is 1. The predicted octanol–water partition coefficient (Wildman–Crippen LogP) is 0.826. The highest BCUT2D eigenvalue weighted by Gasteiger charge is 2.19. The summed E-state index contributed by atoms with van der Waals surface area (Å²) in [5.41, 5.74) is 10.9. The van der Waals surface area contributed by atoms with Crippen LogP contribution in [0.25, 0.3) is 0 Å². The quantitative estimate of drug-likeness (QED) is 0.755. The first kappa shape index (κ1) is 13.6. The van der Waals surface area contributed by atoms with Crippen LogP contribution in [0.15, 0.2) is 0 Å². The van der Waals surface area contributed by atoms with Crippen molar-refractivity contribution in [2.75, 3.05) is 30.8 Å². The first-order valence-corrected chi connectivity index (χ1v) is 6.19. The van der Waals surface area contributed by atoms with Crippen LogP contribution in [0, 0.1) is 0 Å². The number of unbranched alkanes of at least 4 members (excludes halogenated alkanes) is 1. The number of anilines is 2. The van der Waals surface area contributed by atoms with E-state index < -0.39 is 0 Å². The SMILES string of the molecule is CCCCN(CC(N)=O)c1snc(N)c1OC. The lowest BCUT2D eigenvalue weighted by Gasteiger charge is -2.21. The molecule has 17 heavy (non-hydrogen) atoms. The number of ether oxygens (including phenoxy) is 1. The molecule has 1 aromatic heterocycles. The molecule has 1 rings (SSSR count). The van der Waals surface area contributed by atoms with Crippen LogP contribution in [0.3, 0.4) is 0 Å². The van der Waals surface area contributed by atoms with Gasteiger partial charge in [0, 0.05) is 6.54 Å². The fraction of sp³-hybridized carbons (Fsp3) is 0.600. The smallest absolute Gasteiger partial charge is 0.236 e. The number of hydrogen-bond donors (Lipinski definition) is 2. The van der Waals surface area contributed by atoms with E-state index in [4.69, 9.17) is 16.2 Å². The third-order valence-electron chi connectivity index (χ3n) is 2.28. The summed E-state index contributed by atoms with van der Waals surface area (Å²) in [6, 6.07) is 0. The van der Waals surface area contributed by atoms with Crippen molar-refractivity contribution in [2.45, 2.75) is 19.8 Å². The van der Waals surface area contributed by atoms with Gasteiger partial charge in [0.2, 0.25) is 5.91 Å². The molecular weight excluding hydrogens is 240 g/mol. The van der Waals surface area contributed by atoms with Crippen molar-refractivity contribution in [3.63, 3.8) is 0 Å². The van der Waals surface area contributed by atoms with Gasteiger partial charge < -0.3 is 21.1 Å². The third-order valence-corrected chi connectivity index (χ3v) is 3.18. The van der Waals surface area contributed by atoms with Crippen LogP contribution in [0.5, 0.6) is 5.75 Å². The second-order valence-corrected chi connectivity index (χ2v) is 4.40. The Kier molecular flexibility index (Phi) is 5.02. The van der Waals surface area contributed by atoms with E-state index in [1.807, 2.05) is 4.90 Å². The lowest BCUT2D eigenvalue weighted by atomic mass is 10.3. The Morgan fingerprint density at radius 3 is 2.82 bits per heavy atom. The Balaban J connectivity index is 2.90. The molecule has 0 saturated heterocycles. The average molecular weight is 258 g/mol. The summed E-state index contributed by atoms with van der Waals surface area (Å²) in [5.74, 6) is 0.487. The van der Waals surface area contributed by atoms with Crippen LogP contribution >= 0.6 is 11.5 Å². The summed E-state index contributed by atoms with van der Waals surface area (Å²) in [5, 5.41) is 0.761. The Labute approximate surface area is 105 Å². The van der Waals surface area contributed by atoms with Crippen molar-refractivity contribution in [2.24, 2.45) is 5.73 Å². The molecular formula is C10H18N4O2S. The number of rotatable bonds is 7. The molecule has 0 fully saturated rings. The van der Waals surface area contributed by atoms with E-state index in [0.29, 0.717) is 11.6 Å². The minimum atomic E-state index is -0.380. The van der Waals surface area contributed by atoms with Gasteiger partial charge in [0.1, 0.15) is 0 Å². The lowest BCUT2D eigenvalue weighted by Crippen LogP contribution is -2.34. The van der Waals surface area contributed by atoms with Gasteiger partial charge in [-0.2, -0.15) is 4.37 Å². The molecule has 0 atom stereocenters. The highest BCUT2D eigenvalue weighted by atomic mass is 32.1. The fourth-order valence-corrected chi connectivity index (χ4v) is 2.28. The van der Waals surface area contributed by atoms with Crippen molar-refractivity contribution >= 4 is 28.3 Å². The van der Waals surface area contributed by atoms with E-state index in [0.717, 1.165) is 24.4 Å². The predicted molar refractivity (Wildman–Crippen MR) is 69.4 cm³/mol. The first-order valence-electron chi connectivity index (χ1n) is 5.42. The number of carbonyl (C=O) groups is 1. The highest BCUT2D eigenvalue weighted by Crippen LogP contribution is 2.37. The van der Waals surface area contributed by atoms with Gasteiger partial charge in [-0.05, 0) is 18.0 Å². The molecule has 0 aliphatic heterocycles. The summed E-state index contributed by atoms with van der Waals surface area (Å²) < 4.78 is 9.21. The minimum Gasteiger partial charge on any atom is -0.490 e. The second-order valence-electron chi connectivity index (χ2n) is 3.65. The zero-order chi connectivity index (χ0) is 12.8. The summed E-state index contributed by atoms with van der Waals surface area (Å²) in [7, 11) is 1.53. The number of nitrogen functional groups attached to an aromatic ring is 1. The molecule has 1 heterocycles. The number of primary amides is 1. The van der Waals surface area contributed by atoms with Crippen LogP contribution in [-0.2, 0) is 4.79 Å². The zero-order valence-electron chi connectivity index (χ0n) is 10.1. The van der Waals surface area contributed by atoms with E-state index in [1.165, 1.54) is 18.6 Å². The van der Waals surface area contributed by atoms with Crippen molar-refractivity contribution < 1.29 is 9.53 Å². The summed E-state index contributed by atoms with van der Waals surface area (Å²) in [4.78, 5) is 12.9. The van der Waals surface area contributed by atoms with Crippen LogP contribution < -0.4 is 21.1 Å². The van der Waals surface area contributed by atoms with Crippen molar-refractivity contribution in [3.8, 4) is 5.75 Å². The van der Waals surface area contributed by atoms with Gasteiger partial charge in [-0.3, -0.25) is 4.79 Å². The first-order chi connectivity index (χ1) is 8.10. The van der Waals surface area contributed by atoms with Gasteiger partial charge in [-0.1, -0.05) is 13.3 Å². The number of hydrogen-bond acceptors (Lipinski definition) is 6. The molecule has 0 saturated carbocycles. The number of nitrogens with zero attached hydrogens (tertiary/aromatic N) is 2. The van der Waals surface area contributed by atoms with E-state index in [2.05, 4.69) is 11.3 Å². The summed E-state index contributed by atoms with van der Waals surface area (Å²) in [6.07, 6.45) is 2.00. The van der Waals surface area contributed by atoms with Crippen LogP contribution in [0.4, 0.5) is 10.8 Å². The van der Waals surface area contributed by atoms with Gasteiger partial charge in [0.05, 0.1) is 13.7 Å². The standard InChI is InChI=1S/C10H18N4O2S/c1-3-4-5-14(6-7(11)15)10-8(16-2)9(12)13-17-10/h3-6H2,1-2H3,(H2,11,15)(H2,12,13). The molecule has 4 N–H and O–H groups in total. The Hall–Kier alpha value is -1.50. The molecule has 7 heteroatoms. The third kappa shape index (κ3) is 3.48. The topological polar surface area (TPSA) is 94.5 Å². The Bertz CT molecular complexity index is 380. The average Bonchev–Trinajstić information content (AvgIpc) is 2.65. The molecule has 1 aromatic rings. The molecule has 1 amide bonds. The molecule has 0 spiro atoms. The number of methoxy groups -OCH3 is 1. The van der Waals surface area contributed by atoms with Gasteiger partial charge in [-0.15, -0.1) is 0 Å². The molecule has 0 radical (unpaired) electrons. The molecule has 96 valence electrons. The number of nitrogens with two attached hydrogens (primary N) is 2. The Morgan fingerprint density at radius 2 is 2.29 bits per heavy atom. The van der Waals surface area contributed by atoms with Crippen molar-refractivity contribution in [1.82, 2.24) is 4.37 Å². The Morgan fingerprint density at radius 1 is 1.59 bits per heavy atom. The van der Waals surface area contributed by atoms with E-state index in [9.17, 15) is 4.79 Å². The zero-order valence-corrected chi connectivity index (χ0v) is 10.9. The van der Waals surface area contributed by atoms with Gasteiger partial charge in [0.25, 0.3) is 0 Å². The maximum Gasteiger partial charge on any atom is 0.236 e. The molecule has 0 aliphatic carbocycles. The number of carbonyl (C=O) groups excluding carboxylic acids is 1. The van der Waals surface area contributed by atoms with Gasteiger partial charge >= 0.3 is 0 Å². The van der Waals surface area contributed by atoms with Crippen LogP contribution in [0.2, 0.25) is 0 Å². The summed E-state index contributed by atoms with van der Waals surface area (Å²) >= 11 is 1.22. The molecule has 0 aromatic carbocycles. The molecule has 0 bridgehead atoms. The highest BCUT2D eigenvalue weighted by molar-refractivity contribution is 7.11. The maximum atomic E-state index is 11.0. The van der Waals surface area contributed by atoms with E-state index in [1.54, 1.807) is 0 Å². The number of aromatic nitrogens is 1. The van der Waals surface area contributed by atoms with Gasteiger partial charge in [-0.25, -0.2) is 0 Å².